The van der Waals surface area contributed by atoms with E-state index in [1.165, 1.54) is 22.3 Å². The maximum Gasteiger partial charge on any atom is -0.0251 e. The Kier molecular flexibility index (Phi) is 5.14. The van der Waals surface area contributed by atoms with Crippen LogP contribution in [0.5, 0.6) is 0 Å². The zero-order valence-corrected chi connectivity index (χ0v) is 12.1. The summed E-state index contributed by atoms with van der Waals surface area (Å²) >= 11 is 0. The van der Waals surface area contributed by atoms with Gasteiger partial charge in [-0.2, -0.15) is 0 Å². The molecule has 0 aliphatic rings. The Morgan fingerprint density at radius 1 is 0.600 bits per heavy atom. The molecule has 0 nitrogen and oxygen atoms in total. The lowest BCUT2D eigenvalue weighted by atomic mass is 10.1. The molecule has 0 aromatic heterocycles. The summed E-state index contributed by atoms with van der Waals surface area (Å²) < 4.78 is 0. The summed E-state index contributed by atoms with van der Waals surface area (Å²) in [5.74, 6) is 0. The van der Waals surface area contributed by atoms with Crippen LogP contribution in [-0.2, 0) is 0 Å². The SMILES string of the molecule is Cc1cc(C)cc(/C=C/C=C/C=C/c2ccccc2)c1. The van der Waals surface area contributed by atoms with Crippen molar-refractivity contribution in [2.75, 3.05) is 0 Å². The first kappa shape index (κ1) is 14.1. The van der Waals surface area contributed by atoms with E-state index in [4.69, 9.17) is 0 Å². The summed E-state index contributed by atoms with van der Waals surface area (Å²) in [7, 11) is 0. The second-order valence-corrected chi connectivity index (χ2v) is 4.93. The van der Waals surface area contributed by atoms with Crippen molar-refractivity contribution >= 4 is 12.2 Å². The van der Waals surface area contributed by atoms with E-state index in [1.807, 2.05) is 24.3 Å². The van der Waals surface area contributed by atoms with Crippen molar-refractivity contribution in [2.24, 2.45) is 0 Å². The van der Waals surface area contributed by atoms with Crippen LogP contribution in [0.25, 0.3) is 12.2 Å². The van der Waals surface area contributed by atoms with Gasteiger partial charge in [0.25, 0.3) is 0 Å². The summed E-state index contributed by atoms with van der Waals surface area (Å²) in [4.78, 5) is 0. The third-order valence-electron chi connectivity index (χ3n) is 2.95. The first-order valence-corrected chi connectivity index (χ1v) is 6.89. The molecule has 0 N–H and O–H groups in total. The molecule has 0 saturated heterocycles. The smallest absolute Gasteiger partial charge is 0.0251 e. The summed E-state index contributed by atoms with van der Waals surface area (Å²) in [6.07, 6.45) is 12.5. The van der Waals surface area contributed by atoms with Gasteiger partial charge in [0, 0.05) is 0 Å². The molecule has 0 radical (unpaired) electrons. The van der Waals surface area contributed by atoms with E-state index < -0.39 is 0 Å². The molecule has 0 atom stereocenters. The first-order valence-electron chi connectivity index (χ1n) is 6.89. The van der Waals surface area contributed by atoms with E-state index in [0.29, 0.717) is 0 Å². The van der Waals surface area contributed by atoms with Gasteiger partial charge in [0.2, 0.25) is 0 Å². The predicted octanol–water partition coefficient (Wildman–Crippen LogP) is 5.59. The van der Waals surface area contributed by atoms with Gasteiger partial charge in [0.05, 0.1) is 0 Å². The Morgan fingerprint density at radius 2 is 1.15 bits per heavy atom. The van der Waals surface area contributed by atoms with Crippen LogP contribution in [0.2, 0.25) is 0 Å². The predicted molar refractivity (Wildman–Crippen MR) is 89.6 cm³/mol. The lowest BCUT2D eigenvalue weighted by Gasteiger charge is -1.98. The van der Waals surface area contributed by atoms with Crippen molar-refractivity contribution in [3.63, 3.8) is 0 Å². The molecule has 0 amide bonds. The lowest BCUT2D eigenvalue weighted by molar-refractivity contribution is 1.37. The molecular formula is C20H20. The fraction of sp³-hybridized carbons (Fsp3) is 0.100. The van der Waals surface area contributed by atoms with Crippen LogP contribution in [-0.4, -0.2) is 0 Å². The van der Waals surface area contributed by atoms with Crippen molar-refractivity contribution in [1.82, 2.24) is 0 Å². The molecule has 0 heteroatoms. The van der Waals surface area contributed by atoms with Crippen molar-refractivity contribution in [3.05, 3.63) is 95.1 Å². The molecule has 20 heavy (non-hydrogen) atoms. The number of aryl methyl sites for hydroxylation is 2. The monoisotopic (exact) mass is 260 g/mol. The minimum absolute atomic E-state index is 1.22. The van der Waals surface area contributed by atoms with Gasteiger partial charge in [0.15, 0.2) is 0 Å². The average molecular weight is 260 g/mol. The van der Waals surface area contributed by atoms with E-state index in [9.17, 15) is 0 Å². The molecule has 0 aliphatic heterocycles. The molecule has 0 saturated carbocycles. The molecule has 0 bridgehead atoms. The molecule has 2 aromatic carbocycles. The first-order chi connectivity index (χ1) is 9.74. The highest BCUT2D eigenvalue weighted by atomic mass is 14.0. The normalized spacial score (nSPS) is 11.9. The lowest BCUT2D eigenvalue weighted by Crippen LogP contribution is -1.79. The summed E-state index contributed by atoms with van der Waals surface area (Å²) in [5.41, 5.74) is 5.07. The largest absolute Gasteiger partial charge is 0.0622 e. The van der Waals surface area contributed by atoms with Crippen LogP contribution in [0.3, 0.4) is 0 Å². The van der Waals surface area contributed by atoms with Crippen LogP contribution in [0.4, 0.5) is 0 Å². The van der Waals surface area contributed by atoms with Gasteiger partial charge >= 0.3 is 0 Å². The Bertz CT molecular complexity index is 608. The van der Waals surface area contributed by atoms with Crippen LogP contribution >= 0.6 is 0 Å². The summed E-state index contributed by atoms with van der Waals surface area (Å²) in [6.45, 7) is 4.26. The molecule has 100 valence electrons. The molecular weight excluding hydrogens is 240 g/mol. The summed E-state index contributed by atoms with van der Waals surface area (Å²) in [6, 6.07) is 16.9. The molecule has 0 aliphatic carbocycles. The second kappa shape index (κ2) is 7.30. The molecule has 0 fully saturated rings. The second-order valence-electron chi connectivity index (χ2n) is 4.93. The molecule has 2 aromatic rings. The van der Waals surface area contributed by atoms with E-state index in [-0.39, 0.29) is 0 Å². The molecule has 0 unspecified atom stereocenters. The fourth-order valence-corrected chi connectivity index (χ4v) is 2.13. The minimum atomic E-state index is 1.22. The number of allylic oxidation sites excluding steroid dienone is 4. The van der Waals surface area contributed by atoms with Crippen LogP contribution < -0.4 is 0 Å². The quantitative estimate of drug-likeness (QED) is 0.629. The molecule has 0 heterocycles. The zero-order chi connectivity index (χ0) is 14.2. The standard InChI is InChI=1S/C20H20/c1-17-14-18(2)16-20(15-17)13-7-4-3-6-10-19-11-8-5-9-12-19/h3-16H,1-2H3/b4-3+,10-6+,13-7+. The maximum atomic E-state index is 2.19. The summed E-state index contributed by atoms with van der Waals surface area (Å²) in [5, 5.41) is 0. The van der Waals surface area contributed by atoms with Crippen molar-refractivity contribution in [3.8, 4) is 0 Å². The van der Waals surface area contributed by atoms with Gasteiger partial charge in [-0.15, -0.1) is 0 Å². The Hall–Kier alpha value is -2.34. The van der Waals surface area contributed by atoms with Gasteiger partial charge in [-0.25, -0.2) is 0 Å². The average Bonchev–Trinajstić information content (AvgIpc) is 2.43. The Morgan fingerprint density at radius 3 is 1.75 bits per heavy atom. The van der Waals surface area contributed by atoms with E-state index in [2.05, 4.69) is 74.6 Å². The highest BCUT2D eigenvalue weighted by Crippen LogP contribution is 2.10. The van der Waals surface area contributed by atoms with Gasteiger partial charge < -0.3 is 0 Å². The minimum Gasteiger partial charge on any atom is -0.0622 e. The number of hydrogen-bond acceptors (Lipinski definition) is 0. The van der Waals surface area contributed by atoms with Gasteiger partial charge in [-0.05, 0) is 25.0 Å². The van der Waals surface area contributed by atoms with Crippen LogP contribution in [0.1, 0.15) is 22.3 Å². The van der Waals surface area contributed by atoms with Crippen molar-refractivity contribution in [1.29, 1.82) is 0 Å². The van der Waals surface area contributed by atoms with E-state index in [1.54, 1.807) is 0 Å². The number of hydrogen-bond donors (Lipinski definition) is 0. The topological polar surface area (TPSA) is 0 Å². The Balaban J connectivity index is 1.93. The van der Waals surface area contributed by atoms with E-state index in [0.717, 1.165) is 0 Å². The van der Waals surface area contributed by atoms with E-state index >= 15 is 0 Å². The van der Waals surface area contributed by atoms with Gasteiger partial charge in [0.1, 0.15) is 0 Å². The highest BCUT2D eigenvalue weighted by Gasteiger charge is 1.90. The Labute approximate surface area is 121 Å². The van der Waals surface area contributed by atoms with Crippen molar-refractivity contribution in [2.45, 2.75) is 13.8 Å². The van der Waals surface area contributed by atoms with Gasteiger partial charge in [-0.3, -0.25) is 0 Å². The van der Waals surface area contributed by atoms with Crippen LogP contribution in [0, 0.1) is 13.8 Å². The third-order valence-corrected chi connectivity index (χ3v) is 2.95. The molecule has 2 rings (SSSR count). The fourth-order valence-electron chi connectivity index (χ4n) is 2.13. The number of benzene rings is 2. The van der Waals surface area contributed by atoms with Crippen molar-refractivity contribution < 1.29 is 0 Å². The van der Waals surface area contributed by atoms with Gasteiger partial charge in [-0.1, -0.05) is 96.1 Å². The number of rotatable bonds is 4. The maximum absolute atomic E-state index is 2.19. The highest BCUT2D eigenvalue weighted by molar-refractivity contribution is 5.54. The third kappa shape index (κ3) is 4.74. The molecule has 0 spiro atoms. The zero-order valence-electron chi connectivity index (χ0n) is 12.1. The van der Waals surface area contributed by atoms with Crippen LogP contribution in [0.15, 0.2) is 72.8 Å².